The normalized spacial score (nSPS) is 11.7. The van der Waals surface area contributed by atoms with Gasteiger partial charge in [-0.15, -0.1) is 11.3 Å². The van der Waals surface area contributed by atoms with Crippen LogP contribution in [0.5, 0.6) is 0 Å². The molecule has 32 heavy (non-hydrogen) atoms. The van der Waals surface area contributed by atoms with E-state index in [4.69, 9.17) is 4.74 Å². The Balaban J connectivity index is 1.52. The number of aromatic amines is 1. The summed E-state index contributed by atoms with van der Waals surface area (Å²) in [6, 6.07) is 9.79. The summed E-state index contributed by atoms with van der Waals surface area (Å²) in [5.74, 6) is -0.457. The lowest BCUT2D eigenvalue weighted by atomic mass is 10.1. The Labute approximate surface area is 183 Å². The van der Waals surface area contributed by atoms with Gasteiger partial charge in [-0.25, -0.2) is 14.8 Å². The Morgan fingerprint density at radius 3 is 2.50 bits per heavy atom. The van der Waals surface area contributed by atoms with Crippen LogP contribution >= 0.6 is 11.3 Å². The molecule has 0 unspecified atom stereocenters. The number of benzene rings is 2. The van der Waals surface area contributed by atoms with Crippen molar-refractivity contribution in [2.24, 2.45) is 0 Å². The minimum atomic E-state index is -4.43. The van der Waals surface area contributed by atoms with Crippen LogP contribution in [0.3, 0.4) is 0 Å². The topological polar surface area (TPSA) is 84.9 Å². The summed E-state index contributed by atoms with van der Waals surface area (Å²) in [4.78, 5) is 36.3. The third kappa shape index (κ3) is 4.26. The lowest BCUT2D eigenvalue weighted by Crippen LogP contribution is -2.15. The van der Waals surface area contributed by atoms with E-state index in [1.807, 2.05) is 13.0 Å². The van der Waals surface area contributed by atoms with Crippen LogP contribution in [0.1, 0.15) is 32.3 Å². The number of H-pyrrole nitrogens is 1. The van der Waals surface area contributed by atoms with Gasteiger partial charge in [0.15, 0.2) is 0 Å². The van der Waals surface area contributed by atoms with Crippen LogP contribution in [0.25, 0.3) is 21.5 Å². The first-order chi connectivity index (χ1) is 15.1. The molecule has 0 amide bonds. The molecule has 4 rings (SSSR count). The number of para-hydroxylation sites is 1. The fraction of sp³-hybridized carbons (Fsp3) is 0.182. The fourth-order valence-electron chi connectivity index (χ4n) is 3.13. The van der Waals surface area contributed by atoms with Gasteiger partial charge in [-0.05, 0) is 37.6 Å². The molecule has 0 spiro atoms. The van der Waals surface area contributed by atoms with Gasteiger partial charge in [0.25, 0.3) is 5.56 Å². The molecule has 0 aliphatic rings. The number of ether oxygens (including phenoxy) is 1. The molecule has 164 valence electrons. The number of aryl methyl sites for hydroxylation is 2. The number of hydrogen-bond acceptors (Lipinski definition) is 6. The minimum absolute atomic E-state index is 0.204. The molecule has 2 aromatic heterocycles. The van der Waals surface area contributed by atoms with Crippen molar-refractivity contribution in [1.29, 1.82) is 0 Å². The predicted octanol–water partition coefficient (Wildman–Crippen LogP) is 5.04. The van der Waals surface area contributed by atoms with Crippen molar-refractivity contribution in [2.45, 2.75) is 26.6 Å². The maximum absolute atomic E-state index is 12.8. The van der Waals surface area contributed by atoms with E-state index in [-0.39, 0.29) is 22.9 Å². The van der Waals surface area contributed by atoms with Crippen molar-refractivity contribution in [3.63, 3.8) is 0 Å². The summed E-state index contributed by atoms with van der Waals surface area (Å²) in [7, 11) is 0. The Morgan fingerprint density at radius 1 is 1.09 bits per heavy atom. The Bertz CT molecular complexity index is 1380. The highest BCUT2D eigenvalue weighted by atomic mass is 32.1. The second kappa shape index (κ2) is 8.19. The van der Waals surface area contributed by atoms with Gasteiger partial charge in [-0.2, -0.15) is 13.2 Å². The summed E-state index contributed by atoms with van der Waals surface area (Å²) >= 11 is 1.02. The maximum atomic E-state index is 12.8. The van der Waals surface area contributed by atoms with Crippen LogP contribution in [-0.2, 0) is 17.5 Å². The standard InChI is InChI=1S/C22H16F3N3O3S/c1-11-4-3-5-15-17(11)27-16(28-19(15)29)10-31-21(30)18-12(2)26-20(32-18)13-6-8-14(9-7-13)22(23,24)25/h3-9H,10H2,1-2H3,(H,27,28,29). The van der Waals surface area contributed by atoms with Gasteiger partial charge in [0.05, 0.1) is 22.2 Å². The van der Waals surface area contributed by atoms with Crippen molar-refractivity contribution in [2.75, 3.05) is 0 Å². The first-order valence-electron chi connectivity index (χ1n) is 9.44. The van der Waals surface area contributed by atoms with E-state index in [9.17, 15) is 22.8 Å². The van der Waals surface area contributed by atoms with Crippen molar-refractivity contribution in [3.05, 3.63) is 80.3 Å². The lowest BCUT2D eigenvalue weighted by Gasteiger charge is -2.06. The quantitative estimate of drug-likeness (QED) is 0.432. The smallest absolute Gasteiger partial charge is 0.416 e. The van der Waals surface area contributed by atoms with E-state index >= 15 is 0 Å². The molecule has 0 saturated heterocycles. The highest BCUT2D eigenvalue weighted by Crippen LogP contribution is 2.33. The Kier molecular flexibility index (Phi) is 5.55. The maximum Gasteiger partial charge on any atom is 0.416 e. The molecule has 0 bridgehead atoms. The van der Waals surface area contributed by atoms with E-state index in [0.29, 0.717) is 27.2 Å². The van der Waals surface area contributed by atoms with Gasteiger partial charge >= 0.3 is 12.1 Å². The number of fused-ring (bicyclic) bond motifs is 1. The second-order valence-corrected chi connectivity index (χ2v) is 8.07. The number of esters is 1. The molecule has 0 fully saturated rings. The number of nitrogens with one attached hydrogen (secondary N) is 1. The summed E-state index contributed by atoms with van der Waals surface area (Å²) in [5.41, 5.74) is 1.11. The van der Waals surface area contributed by atoms with Crippen molar-refractivity contribution in [1.82, 2.24) is 15.0 Å². The van der Waals surface area contributed by atoms with E-state index in [2.05, 4.69) is 15.0 Å². The molecule has 0 atom stereocenters. The average molecular weight is 459 g/mol. The van der Waals surface area contributed by atoms with Gasteiger partial charge < -0.3 is 9.72 Å². The number of carbonyl (C=O) groups is 1. The van der Waals surface area contributed by atoms with E-state index in [0.717, 1.165) is 29.0 Å². The second-order valence-electron chi connectivity index (χ2n) is 7.07. The molecular formula is C22H16F3N3O3S. The molecule has 2 heterocycles. The summed E-state index contributed by atoms with van der Waals surface area (Å²) in [6.45, 7) is 3.19. The first-order valence-corrected chi connectivity index (χ1v) is 10.3. The zero-order valence-electron chi connectivity index (χ0n) is 16.9. The zero-order valence-corrected chi connectivity index (χ0v) is 17.7. The van der Waals surface area contributed by atoms with E-state index < -0.39 is 17.7 Å². The van der Waals surface area contributed by atoms with Crippen LogP contribution in [0.4, 0.5) is 13.2 Å². The molecule has 0 aliphatic heterocycles. The Hall–Kier alpha value is -3.53. The molecule has 0 saturated carbocycles. The fourth-order valence-corrected chi connectivity index (χ4v) is 4.10. The van der Waals surface area contributed by atoms with E-state index in [1.54, 1.807) is 19.1 Å². The number of thiazole rings is 1. The molecule has 0 aliphatic carbocycles. The zero-order chi connectivity index (χ0) is 23.0. The van der Waals surface area contributed by atoms with Gasteiger partial charge in [0.2, 0.25) is 0 Å². The largest absolute Gasteiger partial charge is 0.453 e. The molecule has 6 nitrogen and oxygen atoms in total. The van der Waals surface area contributed by atoms with Gasteiger partial charge in [0, 0.05) is 5.56 Å². The highest BCUT2D eigenvalue weighted by molar-refractivity contribution is 7.17. The number of hydrogen-bond donors (Lipinski definition) is 1. The van der Waals surface area contributed by atoms with Crippen LogP contribution in [0.15, 0.2) is 47.3 Å². The SMILES string of the molecule is Cc1nc(-c2ccc(C(F)(F)F)cc2)sc1C(=O)OCc1nc2c(C)cccc2c(=O)[nH]1. The molecule has 4 aromatic rings. The van der Waals surface area contributed by atoms with Gasteiger partial charge in [-0.3, -0.25) is 4.79 Å². The van der Waals surface area contributed by atoms with E-state index in [1.165, 1.54) is 12.1 Å². The molecule has 2 aromatic carbocycles. The van der Waals surface area contributed by atoms with Crippen molar-refractivity contribution >= 4 is 28.2 Å². The lowest BCUT2D eigenvalue weighted by molar-refractivity contribution is -0.137. The molecular weight excluding hydrogens is 443 g/mol. The predicted molar refractivity (Wildman–Crippen MR) is 114 cm³/mol. The highest BCUT2D eigenvalue weighted by Gasteiger charge is 2.30. The monoisotopic (exact) mass is 459 g/mol. The van der Waals surface area contributed by atoms with Gasteiger partial charge in [0.1, 0.15) is 22.3 Å². The molecule has 1 N–H and O–H groups in total. The third-order valence-corrected chi connectivity index (χ3v) is 5.95. The van der Waals surface area contributed by atoms with Crippen molar-refractivity contribution in [3.8, 4) is 10.6 Å². The average Bonchev–Trinajstić information content (AvgIpc) is 3.14. The number of halogens is 3. The van der Waals surface area contributed by atoms with Crippen LogP contribution in [0.2, 0.25) is 0 Å². The third-order valence-electron chi connectivity index (χ3n) is 4.77. The van der Waals surface area contributed by atoms with Gasteiger partial charge in [-0.1, -0.05) is 24.3 Å². The minimum Gasteiger partial charge on any atom is -0.453 e. The number of alkyl halides is 3. The van der Waals surface area contributed by atoms with Crippen LogP contribution in [0, 0.1) is 13.8 Å². The number of rotatable bonds is 4. The molecule has 0 radical (unpaired) electrons. The number of carbonyl (C=O) groups excluding carboxylic acids is 1. The van der Waals surface area contributed by atoms with Crippen molar-refractivity contribution < 1.29 is 22.7 Å². The first kappa shape index (κ1) is 21.7. The summed E-state index contributed by atoms with van der Waals surface area (Å²) in [5, 5.41) is 0.843. The Morgan fingerprint density at radius 2 is 1.81 bits per heavy atom. The summed E-state index contributed by atoms with van der Waals surface area (Å²) in [6.07, 6.45) is -4.43. The van der Waals surface area contributed by atoms with Crippen LogP contribution < -0.4 is 5.56 Å². The molecule has 10 heteroatoms. The number of aromatic nitrogens is 3. The summed E-state index contributed by atoms with van der Waals surface area (Å²) < 4.78 is 43.6. The number of nitrogens with zero attached hydrogens (tertiary/aromatic N) is 2. The van der Waals surface area contributed by atoms with Crippen LogP contribution in [-0.4, -0.2) is 20.9 Å².